The molecule has 1 fully saturated rings. The first-order valence-corrected chi connectivity index (χ1v) is 8.72. The summed E-state index contributed by atoms with van der Waals surface area (Å²) in [6.45, 7) is 5.71. The normalized spacial score (nSPS) is 16.2. The van der Waals surface area contributed by atoms with Crippen molar-refractivity contribution in [3.8, 4) is 0 Å². The fraction of sp³-hybridized carbons (Fsp3) is 0.500. The molecule has 0 aromatic carbocycles. The average Bonchev–Trinajstić information content (AvgIpc) is 3.09. The number of hydrogen-bond acceptors (Lipinski definition) is 6. The van der Waals surface area contributed by atoms with Crippen LogP contribution in [0.3, 0.4) is 0 Å². The zero-order valence-electron chi connectivity index (χ0n) is 12.1. The number of rotatable bonds is 3. The van der Waals surface area contributed by atoms with E-state index in [1.165, 1.54) is 11.3 Å². The Kier molecular flexibility index (Phi) is 4.21. The molecule has 1 aliphatic heterocycles. The van der Waals surface area contributed by atoms with Crippen LogP contribution in [0, 0.1) is 13.8 Å². The highest BCUT2D eigenvalue weighted by atomic mass is 32.1. The van der Waals surface area contributed by atoms with Gasteiger partial charge in [-0.1, -0.05) is 0 Å². The minimum absolute atomic E-state index is 0.0193. The summed E-state index contributed by atoms with van der Waals surface area (Å²) in [6, 6.07) is 0.246. The van der Waals surface area contributed by atoms with Gasteiger partial charge in [-0.25, -0.2) is 9.97 Å². The zero-order chi connectivity index (χ0) is 14.8. The van der Waals surface area contributed by atoms with Gasteiger partial charge < -0.3 is 10.2 Å². The number of aryl methyl sites for hydroxylation is 2. The van der Waals surface area contributed by atoms with Gasteiger partial charge in [-0.2, -0.15) is 0 Å². The molecule has 0 saturated carbocycles. The molecule has 7 heteroatoms. The van der Waals surface area contributed by atoms with Crippen molar-refractivity contribution in [1.29, 1.82) is 0 Å². The first-order chi connectivity index (χ1) is 10.1. The Balaban J connectivity index is 1.56. The van der Waals surface area contributed by atoms with Gasteiger partial charge in [0, 0.05) is 30.7 Å². The average molecular weight is 322 g/mol. The third-order valence-electron chi connectivity index (χ3n) is 3.63. The van der Waals surface area contributed by atoms with Gasteiger partial charge in [-0.15, -0.1) is 22.7 Å². The lowest BCUT2D eigenvalue weighted by Crippen LogP contribution is -2.44. The van der Waals surface area contributed by atoms with E-state index in [1.807, 2.05) is 25.4 Å². The van der Waals surface area contributed by atoms with Gasteiger partial charge in [-0.05, 0) is 26.7 Å². The maximum Gasteiger partial charge on any atom is 0.263 e. The molecule has 5 nitrogen and oxygen atoms in total. The molecule has 0 spiro atoms. The Morgan fingerprint density at radius 3 is 2.71 bits per heavy atom. The predicted octanol–water partition coefficient (Wildman–Crippen LogP) is 2.62. The Bertz CT molecular complexity index is 615. The number of carbonyl (C=O) groups excluding carboxylic acids is 1. The second-order valence-corrected chi connectivity index (χ2v) is 7.27. The van der Waals surface area contributed by atoms with Gasteiger partial charge >= 0.3 is 0 Å². The van der Waals surface area contributed by atoms with E-state index in [1.54, 1.807) is 11.3 Å². The van der Waals surface area contributed by atoms with Crippen LogP contribution < -0.4 is 10.2 Å². The highest BCUT2D eigenvalue weighted by Gasteiger charge is 2.23. The van der Waals surface area contributed by atoms with Crippen LogP contribution >= 0.6 is 22.7 Å². The summed E-state index contributed by atoms with van der Waals surface area (Å²) in [6.07, 6.45) is 3.76. The summed E-state index contributed by atoms with van der Waals surface area (Å²) >= 11 is 3.13. The quantitative estimate of drug-likeness (QED) is 0.944. The molecule has 1 aliphatic rings. The van der Waals surface area contributed by atoms with E-state index in [-0.39, 0.29) is 11.9 Å². The number of anilines is 1. The molecule has 112 valence electrons. The molecule has 0 aliphatic carbocycles. The molecule has 0 atom stereocenters. The Morgan fingerprint density at radius 1 is 1.38 bits per heavy atom. The molecule has 3 heterocycles. The van der Waals surface area contributed by atoms with Gasteiger partial charge in [0.2, 0.25) is 0 Å². The van der Waals surface area contributed by atoms with Crippen LogP contribution in [0.25, 0.3) is 0 Å². The van der Waals surface area contributed by atoms with E-state index in [2.05, 4.69) is 20.2 Å². The van der Waals surface area contributed by atoms with Gasteiger partial charge in [0.25, 0.3) is 5.91 Å². The number of aromatic nitrogens is 2. The molecule has 0 bridgehead atoms. The summed E-state index contributed by atoms with van der Waals surface area (Å²) in [7, 11) is 0. The molecule has 2 aromatic rings. The topological polar surface area (TPSA) is 58.1 Å². The highest BCUT2D eigenvalue weighted by Crippen LogP contribution is 2.23. The van der Waals surface area contributed by atoms with Crippen molar-refractivity contribution in [2.45, 2.75) is 32.7 Å². The molecular weight excluding hydrogens is 304 g/mol. The van der Waals surface area contributed by atoms with Crippen LogP contribution in [-0.2, 0) is 0 Å². The van der Waals surface area contributed by atoms with E-state index in [4.69, 9.17) is 0 Å². The van der Waals surface area contributed by atoms with Crippen LogP contribution in [0.15, 0.2) is 11.6 Å². The fourth-order valence-electron chi connectivity index (χ4n) is 2.58. The third-order valence-corrected chi connectivity index (χ3v) is 5.53. The van der Waals surface area contributed by atoms with Crippen molar-refractivity contribution in [2.75, 3.05) is 18.0 Å². The number of carbonyl (C=O) groups is 1. The molecule has 0 unspecified atom stereocenters. The van der Waals surface area contributed by atoms with Crippen molar-refractivity contribution in [3.63, 3.8) is 0 Å². The fourth-order valence-corrected chi connectivity index (χ4v) is 4.10. The number of hydrogen-bond donors (Lipinski definition) is 1. The van der Waals surface area contributed by atoms with E-state index < -0.39 is 0 Å². The summed E-state index contributed by atoms with van der Waals surface area (Å²) < 4.78 is 0. The number of piperidine rings is 1. The Morgan fingerprint density at radius 2 is 2.14 bits per heavy atom. The van der Waals surface area contributed by atoms with Crippen LogP contribution in [0.4, 0.5) is 5.13 Å². The molecule has 1 saturated heterocycles. The first-order valence-electron chi connectivity index (χ1n) is 7.03. The van der Waals surface area contributed by atoms with Crippen molar-refractivity contribution in [3.05, 3.63) is 27.2 Å². The maximum atomic E-state index is 12.3. The lowest BCUT2D eigenvalue weighted by molar-refractivity contribution is 0.0934. The zero-order valence-corrected chi connectivity index (χ0v) is 13.8. The molecule has 1 N–H and O–H groups in total. The van der Waals surface area contributed by atoms with E-state index in [0.717, 1.165) is 46.6 Å². The number of nitrogens with zero attached hydrogens (tertiary/aromatic N) is 3. The minimum atomic E-state index is 0.0193. The van der Waals surface area contributed by atoms with E-state index >= 15 is 0 Å². The summed E-state index contributed by atoms with van der Waals surface area (Å²) in [5, 5.41) is 7.16. The Hall–Kier alpha value is -1.47. The van der Waals surface area contributed by atoms with Crippen molar-refractivity contribution >= 4 is 33.7 Å². The molecule has 1 amide bonds. The number of nitrogens with one attached hydrogen (secondary N) is 1. The van der Waals surface area contributed by atoms with E-state index in [9.17, 15) is 4.79 Å². The largest absolute Gasteiger partial charge is 0.348 e. The molecule has 3 rings (SSSR count). The number of amides is 1. The SMILES string of the molecule is Cc1nc(C)c(C(=O)NC2CCN(c3nccs3)CC2)s1. The summed E-state index contributed by atoms with van der Waals surface area (Å²) in [4.78, 5) is 24.0. The highest BCUT2D eigenvalue weighted by molar-refractivity contribution is 7.14. The van der Waals surface area contributed by atoms with Crippen molar-refractivity contribution in [2.24, 2.45) is 0 Å². The van der Waals surface area contributed by atoms with Gasteiger partial charge in [0.1, 0.15) is 4.88 Å². The lowest BCUT2D eigenvalue weighted by Gasteiger charge is -2.32. The monoisotopic (exact) mass is 322 g/mol. The van der Waals surface area contributed by atoms with Crippen LogP contribution in [0.1, 0.15) is 33.2 Å². The lowest BCUT2D eigenvalue weighted by atomic mass is 10.1. The smallest absolute Gasteiger partial charge is 0.263 e. The maximum absolute atomic E-state index is 12.3. The van der Waals surface area contributed by atoms with Crippen LogP contribution in [-0.4, -0.2) is 35.0 Å². The number of thiazole rings is 2. The molecule has 0 radical (unpaired) electrons. The van der Waals surface area contributed by atoms with Gasteiger partial charge in [0.05, 0.1) is 10.7 Å². The van der Waals surface area contributed by atoms with Crippen LogP contribution in [0.5, 0.6) is 0 Å². The minimum Gasteiger partial charge on any atom is -0.348 e. The third kappa shape index (κ3) is 3.24. The van der Waals surface area contributed by atoms with E-state index in [0.29, 0.717) is 0 Å². The standard InChI is InChI=1S/C14H18N4OS2/c1-9-12(21-10(2)16-9)13(19)17-11-3-6-18(7-4-11)14-15-5-8-20-14/h5,8,11H,3-4,6-7H2,1-2H3,(H,17,19). The second kappa shape index (κ2) is 6.11. The predicted molar refractivity (Wildman–Crippen MR) is 86.4 cm³/mol. The Labute approximate surface area is 132 Å². The van der Waals surface area contributed by atoms with Crippen LogP contribution in [0.2, 0.25) is 0 Å². The summed E-state index contributed by atoms with van der Waals surface area (Å²) in [5.41, 5.74) is 0.829. The molecule has 21 heavy (non-hydrogen) atoms. The van der Waals surface area contributed by atoms with Crippen molar-refractivity contribution in [1.82, 2.24) is 15.3 Å². The second-order valence-electron chi connectivity index (χ2n) is 5.20. The van der Waals surface area contributed by atoms with Crippen molar-refractivity contribution < 1.29 is 4.79 Å². The molecule has 2 aromatic heterocycles. The summed E-state index contributed by atoms with van der Waals surface area (Å²) in [5.74, 6) is 0.0193. The van der Waals surface area contributed by atoms with Gasteiger partial charge in [0.15, 0.2) is 5.13 Å². The first kappa shape index (κ1) is 14.5. The van der Waals surface area contributed by atoms with Gasteiger partial charge in [-0.3, -0.25) is 4.79 Å². The molecular formula is C14H18N4OS2.